The smallest absolute Gasteiger partial charge is 0.462 e. The van der Waals surface area contributed by atoms with Crippen molar-refractivity contribution in [2.24, 2.45) is 0 Å². The van der Waals surface area contributed by atoms with Crippen LogP contribution in [0.15, 0.2) is 0 Å². The van der Waals surface area contributed by atoms with Crippen molar-refractivity contribution < 1.29 is 42.7 Å². The lowest BCUT2D eigenvalue weighted by Gasteiger charge is -2.18. The average Bonchev–Trinajstić information content (AvgIpc) is 2.78. The van der Waals surface area contributed by atoms with Gasteiger partial charge in [-0.25, -0.2) is 4.57 Å². The van der Waals surface area contributed by atoms with Gasteiger partial charge < -0.3 is 19.3 Å². The highest BCUT2D eigenvalue weighted by molar-refractivity contribution is 8.13. The lowest BCUT2D eigenvalue weighted by Crippen LogP contribution is -2.29. The molecule has 11 heteroatoms. The summed E-state index contributed by atoms with van der Waals surface area (Å²) in [6.07, 6.45) is 12.4. The van der Waals surface area contributed by atoms with Crippen molar-refractivity contribution in [2.75, 3.05) is 19.0 Å². The molecule has 9 nitrogen and oxygen atoms in total. The second-order valence-corrected chi connectivity index (χ2v) is 11.2. The molecule has 0 spiro atoms. The van der Waals surface area contributed by atoms with E-state index < -0.39 is 32.5 Å². The Morgan fingerprint density at radius 3 is 1.83 bits per heavy atom. The highest BCUT2D eigenvalue weighted by atomic mass is 32.2. The number of phosphoric acid groups is 1. The fourth-order valence-electron chi connectivity index (χ4n) is 3.32. The molecule has 0 heterocycles. The third kappa shape index (κ3) is 26.0. The summed E-state index contributed by atoms with van der Waals surface area (Å²) in [4.78, 5) is 52.8. The van der Waals surface area contributed by atoms with Crippen LogP contribution in [0.5, 0.6) is 0 Å². The normalized spacial score (nSPS) is 12.3. The van der Waals surface area contributed by atoms with Crippen LogP contribution in [-0.2, 0) is 32.9 Å². The van der Waals surface area contributed by atoms with E-state index in [0.29, 0.717) is 12.8 Å². The average molecular weight is 541 g/mol. The second-order valence-electron chi connectivity index (χ2n) is 8.66. The van der Waals surface area contributed by atoms with Gasteiger partial charge in [-0.3, -0.25) is 18.9 Å². The van der Waals surface area contributed by atoms with Crippen LogP contribution in [0.4, 0.5) is 0 Å². The minimum Gasteiger partial charge on any atom is -0.462 e. The summed E-state index contributed by atoms with van der Waals surface area (Å²) in [5.74, 6) is -0.153. The highest BCUT2D eigenvalue weighted by Gasteiger charge is 2.22. The van der Waals surface area contributed by atoms with Crippen LogP contribution in [0.3, 0.4) is 0 Å². The van der Waals surface area contributed by atoms with E-state index in [9.17, 15) is 18.9 Å². The zero-order valence-corrected chi connectivity index (χ0v) is 23.1. The molecule has 0 aromatic carbocycles. The van der Waals surface area contributed by atoms with E-state index in [0.717, 1.165) is 50.7 Å². The zero-order valence-electron chi connectivity index (χ0n) is 21.4. The molecule has 206 valence electrons. The van der Waals surface area contributed by atoms with Crippen molar-refractivity contribution in [3.8, 4) is 0 Å². The number of carbonyl (C=O) groups excluding carboxylic acids is 3. The van der Waals surface area contributed by atoms with Gasteiger partial charge in [-0.05, 0) is 19.3 Å². The number of hydrogen-bond acceptors (Lipinski definition) is 8. The summed E-state index contributed by atoms with van der Waals surface area (Å²) in [5, 5.41) is 0.121. The van der Waals surface area contributed by atoms with Gasteiger partial charge in [0, 0.05) is 25.5 Å². The van der Waals surface area contributed by atoms with E-state index in [1.54, 1.807) is 6.92 Å². The number of esters is 2. The molecule has 0 rings (SSSR count). The molecule has 0 saturated carbocycles. The summed E-state index contributed by atoms with van der Waals surface area (Å²) >= 11 is 1.32. The molecule has 0 aliphatic carbocycles. The molecular weight excluding hydrogens is 495 g/mol. The van der Waals surface area contributed by atoms with Crippen molar-refractivity contribution in [2.45, 2.75) is 116 Å². The minimum atomic E-state index is -4.74. The van der Waals surface area contributed by atoms with Gasteiger partial charge in [-0.2, -0.15) is 0 Å². The van der Waals surface area contributed by atoms with Gasteiger partial charge in [-0.1, -0.05) is 82.9 Å². The Labute approximate surface area is 214 Å². The molecule has 0 aliphatic rings. The van der Waals surface area contributed by atoms with Crippen LogP contribution < -0.4 is 0 Å². The van der Waals surface area contributed by atoms with E-state index in [1.165, 1.54) is 37.4 Å². The number of unbranched alkanes of at least 4 members (excludes halogenated alkanes) is 11. The number of hydrogen-bond donors (Lipinski definition) is 2. The van der Waals surface area contributed by atoms with Gasteiger partial charge in [-0.15, -0.1) is 0 Å². The Kier molecular flexibility index (Phi) is 21.7. The fraction of sp³-hybridized carbons (Fsp3) is 0.875. The summed E-state index contributed by atoms with van der Waals surface area (Å²) in [6.45, 7) is 2.86. The summed E-state index contributed by atoms with van der Waals surface area (Å²) in [6, 6.07) is 0. The molecule has 0 aromatic rings. The van der Waals surface area contributed by atoms with Crippen LogP contribution in [0.2, 0.25) is 0 Å². The maximum Gasteiger partial charge on any atom is 0.469 e. The predicted molar refractivity (Wildman–Crippen MR) is 137 cm³/mol. The predicted octanol–water partition coefficient (Wildman–Crippen LogP) is 5.70. The molecule has 1 atom stereocenters. The molecule has 0 aromatic heterocycles. The van der Waals surface area contributed by atoms with Gasteiger partial charge in [0.25, 0.3) is 0 Å². The van der Waals surface area contributed by atoms with Crippen molar-refractivity contribution >= 4 is 36.6 Å². The molecule has 0 saturated heterocycles. The quantitative estimate of drug-likeness (QED) is 0.0943. The van der Waals surface area contributed by atoms with Gasteiger partial charge in [0.2, 0.25) is 0 Å². The molecule has 0 amide bonds. The van der Waals surface area contributed by atoms with E-state index in [2.05, 4.69) is 11.4 Å². The first-order chi connectivity index (χ1) is 16.6. The lowest BCUT2D eigenvalue weighted by atomic mass is 10.1. The Morgan fingerprint density at radius 1 is 0.771 bits per heavy atom. The second kappa shape index (κ2) is 22.3. The first-order valence-corrected chi connectivity index (χ1v) is 15.3. The van der Waals surface area contributed by atoms with Crippen LogP contribution in [-0.4, -0.2) is 51.9 Å². The Bertz CT molecular complexity index is 624. The number of thioether (sulfide) groups is 1. The minimum absolute atomic E-state index is 0.121. The molecule has 0 fully saturated rings. The Morgan fingerprint density at radius 2 is 1.29 bits per heavy atom. The monoisotopic (exact) mass is 540 g/mol. The van der Waals surface area contributed by atoms with Gasteiger partial charge >= 0.3 is 19.8 Å². The lowest BCUT2D eigenvalue weighted by molar-refractivity contribution is -0.161. The Hall–Kier alpha value is -0.930. The number of phosphoric ester groups is 1. The largest absolute Gasteiger partial charge is 0.469 e. The SMILES string of the molecule is CCCCCCCCCCC(=O)O[C@@H](COC(=O)CCCCCCCSC(C)=O)COP(=O)(O)O. The molecule has 0 aliphatic heterocycles. The van der Waals surface area contributed by atoms with Crippen molar-refractivity contribution in [3.05, 3.63) is 0 Å². The van der Waals surface area contributed by atoms with Crippen LogP contribution in [0.1, 0.15) is 110 Å². The molecular formula is C24H45O9PS. The molecule has 2 N–H and O–H groups in total. The van der Waals surface area contributed by atoms with E-state index >= 15 is 0 Å². The zero-order chi connectivity index (χ0) is 26.4. The van der Waals surface area contributed by atoms with E-state index in [4.69, 9.17) is 19.3 Å². The maximum absolute atomic E-state index is 12.1. The molecule has 0 radical (unpaired) electrons. The summed E-state index contributed by atoms with van der Waals surface area (Å²) in [5.41, 5.74) is 0. The van der Waals surface area contributed by atoms with Gasteiger partial charge in [0.15, 0.2) is 11.2 Å². The first-order valence-electron chi connectivity index (χ1n) is 12.8. The maximum atomic E-state index is 12.1. The van der Waals surface area contributed by atoms with Gasteiger partial charge in [0.05, 0.1) is 6.61 Å². The van der Waals surface area contributed by atoms with Crippen LogP contribution in [0.25, 0.3) is 0 Å². The molecule has 0 unspecified atom stereocenters. The highest BCUT2D eigenvalue weighted by Crippen LogP contribution is 2.35. The third-order valence-electron chi connectivity index (χ3n) is 5.22. The number of carbonyl (C=O) groups is 3. The van der Waals surface area contributed by atoms with Gasteiger partial charge in [0.1, 0.15) is 6.61 Å². The third-order valence-corrected chi connectivity index (χ3v) is 6.61. The topological polar surface area (TPSA) is 136 Å². The van der Waals surface area contributed by atoms with E-state index in [1.807, 2.05) is 0 Å². The molecule has 0 bridgehead atoms. The fourth-order valence-corrected chi connectivity index (χ4v) is 4.32. The first kappa shape index (κ1) is 34.1. The summed E-state index contributed by atoms with van der Waals surface area (Å²) in [7, 11) is -4.74. The van der Waals surface area contributed by atoms with Crippen molar-refractivity contribution in [1.82, 2.24) is 0 Å². The van der Waals surface area contributed by atoms with Crippen molar-refractivity contribution in [1.29, 1.82) is 0 Å². The van der Waals surface area contributed by atoms with Crippen LogP contribution >= 0.6 is 19.6 Å². The van der Waals surface area contributed by atoms with Crippen molar-refractivity contribution in [3.63, 3.8) is 0 Å². The van der Waals surface area contributed by atoms with Crippen LogP contribution in [0, 0.1) is 0 Å². The number of ether oxygens (including phenoxy) is 2. The summed E-state index contributed by atoms with van der Waals surface area (Å²) < 4.78 is 25.8. The Balaban J connectivity index is 4.13. The standard InChI is InChI=1S/C24H45O9PS/c1-3-4-5-6-7-8-10-14-17-24(27)33-22(20-32-34(28,29)30)19-31-23(26)16-13-11-9-12-15-18-35-21(2)25/h22H,3-20H2,1-2H3,(H2,28,29,30)/t22-/m0/s1. The molecule has 35 heavy (non-hydrogen) atoms. The number of rotatable bonds is 23. The van der Waals surface area contributed by atoms with E-state index in [-0.39, 0.29) is 24.6 Å².